The van der Waals surface area contributed by atoms with Crippen LogP contribution in [0, 0.1) is 5.82 Å². The van der Waals surface area contributed by atoms with Crippen LogP contribution in [-0.4, -0.2) is 16.8 Å². The molecule has 0 aliphatic rings. The Morgan fingerprint density at radius 3 is 2.53 bits per heavy atom. The van der Waals surface area contributed by atoms with Gasteiger partial charge >= 0.3 is 5.63 Å². The highest BCUT2D eigenvalue weighted by Gasteiger charge is 2.22. The predicted molar refractivity (Wildman–Crippen MR) is 129 cm³/mol. The molecule has 170 valence electrons. The third-order valence-corrected chi connectivity index (χ3v) is 6.53. The van der Waals surface area contributed by atoms with Crippen LogP contribution in [0.2, 0.25) is 0 Å². The first-order valence-corrected chi connectivity index (χ1v) is 11.2. The average molecular weight is 475 g/mol. The predicted octanol–water partition coefficient (Wildman–Crippen LogP) is 5.16. The Bertz CT molecular complexity index is 1660. The lowest BCUT2D eigenvalue weighted by molar-refractivity contribution is 0.414. The molecule has 0 saturated heterocycles. The Balaban J connectivity index is 1.74. The normalized spacial score (nSPS) is 11.2. The molecule has 0 fully saturated rings. The van der Waals surface area contributed by atoms with E-state index >= 15 is 0 Å². The average Bonchev–Trinajstić information content (AvgIpc) is 2.84. The van der Waals surface area contributed by atoms with Crippen LogP contribution in [0.1, 0.15) is 5.56 Å². The van der Waals surface area contributed by atoms with E-state index in [-0.39, 0.29) is 22.4 Å². The van der Waals surface area contributed by atoms with Gasteiger partial charge in [-0.15, -0.1) is 0 Å². The Labute approximate surface area is 196 Å². The smallest absolute Gasteiger partial charge is 0.354 e. The van der Waals surface area contributed by atoms with E-state index in [0.717, 1.165) is 17.3 Å². The molecule has 3 aromatic carbocycles. The van der Waals surface area contributed by atoms with E-state index in [1.807, 2.05) is 12.1 Å². The number of benzene rings is 3. The fraction of sp³-hybridized carbons (Fsp3) is 0.0769. The van der Waals surface area contributed by atoms with Crippen LogP contribution in [-0.2, 0) is 6.54 Å². The Hall–Kier alpha value is -4.04. The summed E-state index contributed by atoms with van der Waals surface area (Å²) in [5.74, 6) is -0.278. The maximum absolute atomic E-state index is 13.6. The summed E-state index contributed by atoms with van der Waals surface area (Å²) in [5.41, 5.74) is 0.101. The maximum atomic E-state index is 13.6. The van der Waals surface area contributed by atoms with E-state index < -0.39 is 22.8 Å². The van der Waals surface area contributed by atoms with Crippen molar-refractivity contribution >= 4 is 33.6 Å². The van der Waals surface area contributed by atoms with Gasteiger partial charge in [0.1, 0.15) is 21.8 Å². The van der Waals surface area contributed by atoms with Crippen LogP contribution in [0.5, 0.6) is 11.5 Å². The quantitative estimate of drug-likeness (QED) is 0.354. The summed E-state index contributed by atoms with van der Waals surface area (Å²) in [4.78, 5) is 26.6. The summed E-state index contributed by atoms with van der Waals surface area (Å²) in [6.07, 6.45) is 0. The molecule has 0 atom stereocenters. The van der Waals surface area contributed by atoms with E-state index in [1.54, 1.807) is 49.6 Å². The number of rotatable bonds is 5. The minimum absolute atomic E-state index is 0.0117. The van der Waals surface area contributed by atoms with E-state index in [4.69, 9.17) is 9.15 Å². The number of nitrogens with zero attached hydrogens (tertiary/aromatic N) is 1. The summed E-state index contributed by atoms with van der Waals surface area (Å²) in [6, 6.07) is 19.9. The van der Waals surface area contributed by atoms with Crippen LogP contribution in [0.15, 0.2) is 96.6 Å². The van der Waals surface area contributed by atoms with E-state index in [9.17, 15) is 19.1 Å². The molecular formula is C26H18FNO5S. The summed E-state index contributed by atoms with van der Waals surface area (Å²) in [6.45, 7) is 0.226. The van der Waals surface area contributed by atoms with Gasteiger partial charge in [0.25, 0.3) is 5.56 Å². The third-order valence-electron chi connectivity index (χ3n) is 5.47. The monoisotopic (exact) mass is 475 g/mol. The van der Waals surface area contributed by atoms with Crippen molar-refractivity contribution in [1.82, 2.24) is 4.57 Å². The third kappa shape index (κ3) is 3.82. The molecule has 8 heteroatoms. The molecule has 5 rings (SSSR count). The van der Waals surface area contributed by atoms with Gasteiger partial charge in [0.2, 0.25) is 0 Å². The van der Waals surface area contributed by atoms with Gasteiger partial charge < -0.3 is 18.8 Å². The van der Waals surface area contributed by atoms with E-state index in [0.29, 0.717) is 21.5 Å². The highest BCUT2D eigenvalue weighted by Crippen LogP contribution is 2.37. The molecule has 5 aromatic rings. The highest BCUT2D eigenvalue weighted by atomic mass is 32.2. The molecular weight excluding hydrogens is 457 g/mol. The fourth-order valence-corrected chi connectivity index (χ4v) is 4.73. The minimum Gasteiger partial charge on any atom is -0.505 e. The first-order valence-electron chi connectivity index (χ1n) is 10.3. The van der Waals surface area contributed by atoms with Crippen molar-refractivity contribution in [2.75, 3.05) is 7.11 Å². The molecule has 1 N–H and O–H groups in total. The van der Waals surface area contributed by atoms with Crippen molar-refractivity contribution in [2.24, 2.45) is 0 Å². The number of methoxy groups -OCH3 is 1. The fourth-order valence-electron chi connectivity index (χ4n) is 3.85. The second kappa shape index (κ2) is 8.72. The van der Waals surface area contributed by atoms with Crippen LogP contribution in [0.3, 0.4) is 0 Å². The van der Waals surface area contributed by atoms with Crippen molar-refractivity contribution in [3.8, 4) is 11.5 Å². The van der Waals surface area contributed by atoms with Crippen LogP contribution >= 0.6 is 11.8 Å². The molecule has 0 aliphatic carbocycles. The number of aromatic nitrogens is 1. The van der Waals surface area contributed by atoms with Gasteiger partial charge in [0, 0.05) is 10.3 Å². The standard InChI is InChI=1S/C26H18FNO5S/c1-32-17-11-9-15(10-12-17)14-28-20-8-3-2-7-19(20)23-21(25(28)30)22(29)24(26(31)33-23)34-18-6-4-5-16(27)13-18/h2-13,29H,14H2,1H3. The van der Waals surface area contributed by atoms with Gasteiger partial charge in [-0.1, -0.05) is 42.1 Å². The molecule has 34 heavy (non-hydrogen) atoms. The second-order valence-corrected chi connectivity index (χ2v) is 8.67. The number of hydrogen-bond acceptors (Lipinski definition) is 6. The number of fused-ring (bicyclic) bond motifs is 3. The molecule has 0 radical (unpaired) electrons. The lowest BCUT2D eigenvalue weighted by Gasteiger charge is -2.14. The molecule has 0 spiro atoms. The number of halogens is 1. The molecule has 0 bridgehead atoms. The molecule has 2 aromatic heterocycles. The zero-order valence-corrected chi connectivity index (χ0v) is 18.8. The summed E-state index contributed by atoms with van der Waals surface area (Å²) in [7, 11) is 1.58. The largest absolute Gasteiger partial charge is 0.505 e. The van der Waals surface area contributed by atoms with Gasteiger partial charge in [-0.05, 0) is 48.0 Å². The number of ether oxygens (including phenoxy) is 1. The van der Waals surface area contributed by atoms with Crippen molar-refractivity contribution in [3.05, 3.63) is 105 Å². The molecule has 2 heterocycles. The molecule has 0 aliphatic heterocycles. The van der Waals surface area contributed by atoms with Gasteiger partial charge in [0.05, 0.1) is 19.2 Å². The van der Waals surface area contributed by atoms with Gasteiger partial charge in [0.15, 0.2) is 11.3 Å². The molecule has 0 unspecified atom stereocenters. The molecule has 6 nitrogen and oxygen atoms in total. The van der Waals surface area contributed by atoms with Gasteiger partial charge in [-0.2, -0.15) is 0 Å². The Kier molecular flexibility index (Phi) is 5.59. The highest BCUT2D eigenvalue weighted by molar-refractivity contribution is 7.99. The van der Waals surface area contributed by atoms with Crippen molar-refractivity contribution < 1.29 is 18.7 Å². The number of aromatic hydroxyl groups is 1. The van der Waals surface area contributed by atoms with Gasteiger partial charge in [-0.3, -0.25) is 4.79 Å². The van der Waals surface area contributed by atoms with Crippen molar-refractivity contribution in [2.45, 2.75) is 16.3 Å². The van der Waals surface area contributed by atoms with E-state index in [2.05, 4.69) is 0 Å². The second-order valence-electron chi connectivity index (χ2n) is 7.59. The van der Waals surface area contributed by atoms with Crippen molar-refractivity contribution in [1.29, 1.82) is 0 Å². The number of para-hydroxylation sites is 1. The Morgan fingerprint density at radius 1 is 1.03 bits per heavy atom. The number of hydrogen-bond donors (Lipinski definition) is 1. The first-order chi connectivity index (χ1) is 16.5. The lowest BCUT2D eigenvalue weighted by Crippen LogP contribution is -2.22. The summed E-state index contributed by atoms with van der Waals surface area (Å²) < 4.78 is 25.9. The van der Waals surface area contributed by atoms with Crippen LogP contribution in [0.4, 0.5) is 4.39 Å². The van der Waals surface area contributed by atoms with Crippen LogP contribution in [0.25, 0.3) is 21.9 Å². The van der Waals surface area contributed by atoms with Crippen LogP contribution < -0.4 is 15.9 Å². The lowest BCUT2D eigenvalue weighted by atomic mass is 10.1. The number of pyridine rings is 1. The zero-order chi connectivity index (χ0) is 23.8. The Morgan fingerprint density at radius 2 is 1.79 bits per heavy atom. The summed E-state index contributed by atoms with van der Waals surface area (Å²) >= 11 is 0.840. The van der Waals surface area contributed by atoms with Crippen molar-refractivity contribution in [3.63, 3.8) is 0 Å². The maximum Gasteiger partial charge on any atom is 0.354 e. The summed E-state index contributed by atoms with van der Waals surface area (Å²) in [5, 5.41) is 11.5. The SMILES string of the molecule is COc1ccc(Cn2c(=O)c3c(O)c(Sc4cccc(F)c4)c(=O)oc3c3ccccc32)cc1. The minimum atomic E-state index is -0.809. The first kappa shape index (κ1) is 21.8. The van der Waals surface area contributed by atoms with Gasteiger partial charge in [-0.25, -0.2) is 9.18 Å². The molecule has 0 amide bonds. The molecule has 0 saturated carbocycles. The zero-order valence-electron chi connectivity index (χ0n) is 17.9. The topological polar surface area (TPSA) is 81.7 Å². The van der Waals surface area contributed by atoms with E-state index in [1.165, 1.54) is 22.8 Å².